The zero-order valence-corrected chi connectivity index (χ0v) is 15.1. The van der Waals surface area contributed by atoms with Crippen molar-refractivity contribution >= 4 is 16.8 Å². The molecular weight excluding hydrogens is 346 g/mol. The first-order chi connectivity index (χ1) is 13.2. The van der Waals surface area contributed by atoms with Gasteiger partial charge in [-0.25, -0.2) is 4.68 Å². The van der Waals surface area contributed by atoms with Crippen molar-refractivity contribution < 1.29 is 9.53 Å². The molecule has 2 aromatic heterocycles. The van der Waals surface area contributed by atoms with Crippen LogP contribution in [0.1, 0.15) is 12.1 Å². The van der Waals surface area contributed by atoms with E-state index in [1.165, 1.54) is 4.68 Å². The molecule has 8 nitrogen and oxygen atoms in total. The van der Waals surface area contributed by atoms with Crippen molar-refractivity contribution in [3.8, 4) is 0 Å². The van der Waals surface area contributed by atoms with E-state index in [9.17, 15) is 9.59 Å². The predicted molar refractivity (Wildman–Crippen MR) is 99.9 cm³/mol. The van der Waals surface area contributed by atoms with Crippen LogP contribution in [0.25, 0.3) is 10.9 Å². The Morgan fingerprint density at radius 3 is 2.78 bits per heavy atom. The van der Waals surface area contributed by atoms with Gasteiger partial charge in [-0.05, 0) is 24.3 Å². The molecule has 0 saturated carbocycles. The Balaban J connectivity index is 1.70. The van der Waals surface area contributed by atoms with Crippen molar-refractivity contribution in [2.24, 2.45) is 0 Å². The lowest BCUT2D eigenvalue weighted by Crippen LogP contribution is -2.35. The maximum atomic E-state index is 12.7. The van der Waals surface area contributed by atoms with Gasteiger partial charge >= 0.3 is 0 Å². The first-order valence-electron chi connectivity index (χ1n) is 8.68. The lowest BCUT2D eigenvalue weighted by Gasteiger charge is -2.22. The second-order valence-corrected chi connectivity index (χ2v) is 6.01. The molecule has 27 heavy (non-hydrogen) atoms. The second-order valence-electron chi connectivity index (χ2n) is 6.01. The van der Waals surface area contributed by atoms with Crippen molar-refractivity contribution in [2.45, 2.75) is 19.5 Å². The number of pyridine rings is 1. The second kappa shape index (κ2) is 9.00. The molecule has 0 atom stereocenters. The molecule has 0 unspecified atom stereocenters. The summed E-state index contributed by atoms with van der Waals surface area (Å²) in [5.41, 5.74) is 1.09. The molecule has 0 saturated heterocycles. The molecule has 3 aromatic rings. The van der Waals surface area contributed by atoms with Crippen LogP contribution in [0.2, 0.25) is 0 Å². The highest BCUT2D eigenvalue weighted by atomic mass is 16.5. The third-order valence-electron chi connectivity index (χ3n) is 4.16. The van der Waals surface area contributed by atoms with Gasteiger partial charge in [-0.15, -0.1) is 5.10 Å². The number of aromatic nitrogens is 4. The molecule has 2 heterocycles. The van der Waals surface area contributed by atoms with Crippen LogP contribution in [-0.4, -0.2) is 51.0 Å². The van der Waals surface area contributed by atoms with Gasteiger partial charge in [0.1, 0.15) is 5.52 Å². The average molecular weight is 367 g/mol. The number of carbonyl (C=O) groups excluding carboxylic acids is 1. The number of ether oxygens (including phenoxy) is 1. The number of nitrogens with zero attached hydrogens (tertiary/aromatic N) is 5. The smallest absolute Gasteiger partial charge is 0.277 e. The lowest BCUT2D eigenvalue weighted by molar-refractivity contribution is -0.132. The number of hydrogen-bond acceptors (Lipinski definition) is 6. The highest BCUT2D eigenvalue weighted by molar-refractivity contribution is 5.77. The summed E-state index contributed by atoms with van der Waals surface area (Å²) in [6.45, 7) is 1.43. The molecule has 3 rings (SSSR count). The third kappa shape index (κ3) is 4.73. The minimum absolute atomic E-state index is 0.0976. The Hall–Kier alpha value is -3.13. The number of carbonyl (C=O) groups is 1. The quantitative estimate of drug-likeness (QED) is 0.595. The lowest BCUT2D eigenvalue weighted by atomic mass is 10.2. The van der Waals surface area contributed by atoms with E-state index in [0.29, 0.717) is 30.6 Å². The Labute approximate surface area is 156 Å². The molecule has 1 aromatic carbocycles. The number of rotatable bonds is 8. The van der Waals surface area contributed by atoms with Gasteiger partial charge < -0.3 is 9.64 Å². The van der Waals surface area contributed by atoms with E-state index >= 15 is 0 Å². The molecule has 1 amide bonds. The summed E-state index contributed by atoms with van der Waals surface area (Å²) in [6, 6.07) is 12.6. The fourth-order valence-corrected chi connectivity index (χ4v) is 2.71. The highest BCUT2D eigenvalue weighted by Crippen LogP contribution is 2.06. The van der Waals surface area contributed by atoms with Crippen molar-refractivity contribution in [3.05, 3.63) is 64.7 Å². The van der Waals surface area contributed by atoms with E-state index in [0.717, 1.165) is 5.69 Å². The Kier molecular flexibility index (Phi) is 6.22. The summed E-state index contributed by atoms with van der Waals surface area (Å²) in [4.78, 5) is 31.1. The summed E-state index contributed by atoms with van der Waals surface area (Å²) < 4.78 is 6.33. The summed E-state index contributed by atoms with van der Waals surface area (Å²) >= 11 is 0. The zero-order valence-electron chi connectivity index (χ0n) is 15.1. The summed E-state index contributed by atoms with van der Waals surface area (Å²) in [7, 11) is 1.59. The Morgan fingerprint density at radius 2 is 2.00 bits per heavy atom. The van der Waals surface area contributed by atoms with Crippen molar-refractivity contribution in [2.75, 3.05) is 20.3 Å². The molecule has 0 radical (unpaired) electrons. The normalized spacial score (nSPS) is 10.9. The van der Waals surface area contributed by atoms with Crippen molar-refractivity contribution in [1.82, 2.24) is 24.9 Å². The monoisotopic (exact) mass is 367 g/mol. The Morgan fingerprint density at radius 1 is 1.19 bits per heavy atom. The van der Waals surface area contributed by atoms with Crippen LogP contribution in [0, 0.1) is 0 Å². The fraction of sp³-hybridized carbons (Fsp3) is 0.316. The average Bonchev–Trinajstić information content (AvgIpc) is 2.71. The third-order valence-corrected chi connectivity index (χ3v) is 4.16. The van der Waals surface area contributed by atoms with Gasteiger partial charge in [0.15, 0.2) is 0 Å². The van der Waals surface area contributed by atoms with E-state index < -0.39 is 0 Å². The van der Waals surface area contributed by atoms with E-state index in [1.54, 1.807) is 42.5 Å². The number of fused-ring (bicyclic) bond motifs is 1. The fourth-order valence-electron chi connectivity index (χ4n) is 2.71. The SMILES string of the molecule is COCCN(Cc1ccccn1)C(=O)CCn1nnc2ccccc2c1=O. The van der Waals surface area contributed by atoms with Crippen LogP contribution in [0.15, 0.2) is 53.5 Å². The maximum Gasteiger partial charge on any atom is 0.277 e. The first-order valence-corrected chi connectivity index (χ1v) is 8.68. The van der Waals surface area contributed by atoms with Gasteiger partial charge in [-0.3, -0.25) is 14.6 Å². The minimum atomic E-state index is -0.249. The predicted octanol–water partition coefficient (Wildman–Crippen LogP) is 1.25. The molecule has 0 aliphatic heterocycles. The van der Waals surface area contributed by atoms with Gasteiger partial charge in [0.05, 0.1) is 30.8 Å². The molecule has 0 N–H and O–H groups in total. The maximum absolute atomic E-state index is 12.7. The number of hydrogen-bond donors (Lipinski definition) is 0. The van der Waals surface area contributed by atoms with Crippen LogP contribution in [0.5, 0.6) is 0 Å². The van der Waals surface area contributed by atoms with Crippen LogP contribution in [-0.2, 0) is 22.6 Å². The van der Waals surface area contributed by atoms with Gasteiger partial charge in [-0.2, -0.15) is 0 Å². The summed E-state index contributed by atoms with van der Waals surface area (Å²) in [5.74, 6) is -0.0976. The van der Waals surface area contributed by atoms with Gasteiger partial charge in [0.2, 0.25) is 5.91 Å². The number of benzene rings is 1. The van der Waals surface area contributed by atoms with Crippen LogP contribution < -0.4 is 5.56 Å². The van der Waals surface area contributed by atoms with Crippen molar-refractivity contribution in [3.63, 3.8) is 0 Å². The molecular formula is C19H21N5O3. The number of methoxy groups -OCH3 is 1. The van der Waals surface area contributed by atoms with E-state index in [4.69, 9.17) is 4.74 Å². The molecule has 0 fully saturated rings. The molecule has 140 valence electrons. The number of aryl methyl sites for hydroxylation is 1. The summed E-state index contributed by atoms with van der Waals surface area (Å²) in [6.07, 6.45) is 1.84. The van der Waals surface area contributed by atoms with E-state index in [2.05, 4.69) is 15.3 Å². The summed E-state index contributed by atoms with van der Waals surface area (Å²) in [5, 5.41) is 8.46. The molecule has 0 spiro atoms. The van der Waals surface area contributed by atoms with Crippen LogP contribution in [0.3, 0.4) is 0 Å². The largest absolute Gasteiger partial charge is 0.383 e. The Bertz CT molecular complexity index is 958. The molecule has 0 aliphatic carbocycles. The highest BCUT2D eigenvalue weighted by Gasteiger charge is 2.15. The van der Waals surface area contributed by atoms with Gasteiger partial charge in [-0.1, -0.05) is 23.4 Å². The number of amides is 1. The van der Waals surface area contributed by atoms with Crippen molar-refractivity contribution in [1.29, 1.82) is 0 Å². The standard InChI is InChI=1S/C19H21N5O3/c1-27-13-12-23(14-15-6-4-5-10-20-15)18(25)9-11-24-19(26)16-7-2-3-8-17(16)21-22-24/h2-8,10H,9,11-14H2,1H3. The molecule has 0 aliphatic rings. The van der Waals surface area contributed by atoms with Crippen LogP contribution in [0.4, 0.5) is 0 Å². The molecule has 8 heteroatoms. The topological polar surface area (TPSA) is 90.2 Å². The van der Waals surface area contributed by atoms with Gasteiger partial charge in [0.25, 0.3) is 5.56 Å². The molecule has 0 bridgehead atoms. The van der Waals surface area contributed by atoms with Crippen LogP contribution >= 0.6 is 0 Å². The van der Waals surface area contributed by atoms with Gasteiger partial charge in [0, 0.05) is 26.3 Å². The first kappa shape index (κ1) is 18.7. The van der Waals surface area contributed by atoms with E-state index in [-0.39, 0.29) is 24.4 Å². The minimum Gasteiger partial charge on any atom is -0.383 e. The zero-order chi connectivity index (χ0) is 19.1. The van der Waals surface area contributed by atoms with E-state index in [1.807, 2.05) is 18.2 Å².